The van der Waals surface area contributed by atoms with Gasteiger partial charge in [-0.25, -0.2) is 0 Å². The molecular formula is C18H21N3O5S. The summed E-state index contributed by atoms with van der Waals surface area (Å²) in [5, 5.41) is 4.93. The van der Waals surface area contributed by atoms with E-state index in [0.717, 1.165) is 23.4 Å². The van der Waals surface area contributed by atoms with E-state index in [-0.39, 0.29) is 30.8 Å². The molecule has 1 saturated carbocycles. The van der Waals surface area contributed by atoms with Crippen LogP contribution < -0.4 is 10.6 Å². The number of para-hydroxylation sites is 1. The molecule has 1 aliphatic carbocycles. The fraction of sp³-hybridized carbons (Fsp3) is 0.444. The van der Waals surface area contributed by atoms with Crippen molar-refractivity contribution in [2.24, 2.45) is 0 Å². The van der Waals surface area contributed by atoms with Crippen molar-refractivity contribution in [3.8, 4) is 0 Å². The zero-order chi connectivity index (χ0) is 19.4. The Kier molecular flexibility index (Phi) is 6.00. The monoisotopic (exact) mass is 391 g/mol. The number of thioether (sulfide) groups is 1. The molecule has 1 fully saturated rings. The molecule has 1 atom stereocenters. The first-order valence-corrected chi connectivity index (χ1v) is 9.56. The lowest BCUT2D eigenvalue weighted by atomic mass is 10.2. The van der Waals surface area contributed by atoms with E-state index in [1.807, 2.05) is 18.2 Å². The zero-order valence-electron chi connectivity index (χ0n) is 14.9. The Bertz CT molecular complexity index is 765. The number of esters is 1. The Morgan fingerprint density at radius 2 is 2.04 bits per heavy atom. The van der Waals surface area contributed by atoms with Crippen molar-refractivity contribution in [2.45, 2.75) is 35.4 Å². The Morgan fingerprint density at radius 3 is 2.78 bits per heavy atom. The Hall–Kier alpha value is -2.55. The molecule has 27 heavy (non-hydrogen) atoms. The van der Waals surface area contributed by atoms with Gasteiger partial charge in [0, 0.05) is 18.0 Å². The topological polar surface area (TPSA) is 105 Å². The van der Waals surface area contributed by atoms with Gasteiger partial charge in [0.05, 0.1) is 23.9 Å². The molecule has 0 bridgehead atoms. The first-order chi connectivity index (χ1) is 12.9. The number of fused-ring (bicyclic) bond motifs is 1. The summed E-state index contributed by atoms with van der Waals surface area (Å²) in [6, 6.07) is 7.56. The predicted molar refractivity (Wildman–Crippen MR) is 99.1 cm³/mol. The van der Waals surface area contributed by atoms with Gasteiger partial charge < -0.3 is 20.3 Å². The van der Waals surface area contributed by atoms with Gasteiger partial charge in [-0.1, -0.05) is 12.1 Å². The highest BCUT2D eigenvalue weighted by Crippen LogP contribution is 2.36. The molecule has 8 nitrogen and oxygen atoms in total. The molecule has 1 aromatic rings. The van der Waals surface area contributed by atoms with E-state index in [2.05, 4.69) is 10.6 Å². The number of likely N-dealkylation sites (N-methyl/N-ethyl adjacent to an activating group) is 1. The predicted octanol–water partition coefficient (Wildman–Crippen LogP) is 0.770. The molecular weight excluding hydrogens is 370 g/mol. The van der Waals surface area contributed by atoms with E-state index in [9.17, 15) is 19.2 Å². The number of benzene rings is 1. The summed E-state index contributed by atoms with van der Waals surface area (Å²) >= 11 is 1.29. The number of ether oxygens (including phenoxy) is 1. The molecule has 0 saturated heterocycles. The molecule has 0 spiro atoms. The van der Waals surface area contributed by atoms with Crippen molar-refractivity contribution in [1.82, 2.24) is 10.2 Å². The number of carbonyl (C=O) groups excluding carboxylic acids is 4. The van der Waals surface area contributed by atoms with Gasteiger partial charge in [-0.3, -0.25) is 19.2 Å². The lowest BCUT2D eigenvalue weighted by molar-refractivity contribution is -0.152. The van der Waals surface area contributed by atoms with Crippen LogP contribution >= 0.6 is 11.8 Å². The van der Waals surface area contributed by atoms with Crippen LogP contribution in [0.5, 0.6) is 0 Å². The third-order valence-electron chi connectivity index (χ3n) is 4.16. The summed E-state index contributed by atoms with van der Waals surface area (Å²) in [4.78, 5) is 49.9. The van der Waals surface area contributed by atoms with Crippen LogP contribution in [-0.4, -0.2) is 60.1 Å². The molecule has 144 valence electrons. The summed E-state index contributed by atoms with van der Waals surface area (Å²) in [7, 11) is 1.48. The average Bonchev–Trinajstić information content (AvgIpc) is 3.44. The lowest BCUT2D eigenvalue weighted by Crippen LogP contribution is -2.41. The molecule has 2 aliphatic rings. The number of hydrogen-bond acceptors (Lipinski definition) is 6. The molecule has 0 unspecified atom stereocenters. The van der Waals surface area contributed by atoms with Crippen LogP contribution in [0.1, 0.15) is 19.3 Å². The molecule has 0 radical (unpaired) electrons. The normalized spacial score (nSPS) is 18.1. The van der Waals surface area contributed by atoms with Crippen LogP contribution in [0.2, 0.25) is 0 Å². The molecule has 2 N–H and O–H groups in total. The maximum absolute atomic E-state index is 12.1. The second-order valence-corrected chi connectivity index (χ2v) is 7.79. The average molecular weight is 391 g/mol. The van der Waals surface area contributed by atoms with E-state index in [4.69, 9.17) is 4.74 Å². The van der Waals surface area contributed by atoms with Crippen LogP contribution in [0.25, 0.3) is 0 Å². The maximum atomic E-state index is 12.1. The second-order valence-electron chi connectivity index (χ2n) is 6.55. The van der Waals surface area contributed by atoms with Crippen LogP contribution in [0.3, 0.4) is 0 Å². The highest BCUT2D eigenvalue weighted by atomic mass is 32.2. The van der Waals surface area contributed by atoms with Gasteiger partial charge >= 0.3 is 5.97 Å². The third kappa shape index (κ3) is 5.46. The molecule has 1 heterocycles. The van der Waals surface area contributed by atoms with Gasteiger partial charge in [-0.2, -0.15) is 0 Å². The molecule has 9 heteroatoms. The number of nitrogens with zero attached hydrogens (tertiary/aromatic N) is 1. The Morgan fingerprint density at radius 1 is 1.30 bits per heavy atom. The van der Waals surface area contributed by atoms with Crippen molar-refractivity contribution in [3.63, 3.8) is 0 Å². The third-order valence-corrected chi connectivity index (χ3v) is 5.44. The minimum atomic E-state index is -0.633. The van der Waals surface area contributed by atoms with Crippen molar-refractivity contribution < 1.29 is 23.9 Å². The van der Waals surface area contributed by atoms with Crippen molar-refractivity contribution >= 4 is 41.1 Å². The van der Waals surface area contributed by atoms with Gasteiger partial charge in [0.25, 0.3) is 5.91 Å². The van der Waals surface area contributed by atoms with E-state index < -0.39 is 23.7 Å². The highest BCUT2D eigenvalue weighted by Gasteiger charge is 2.30. The van der Waals surface area contributed by atoms with Crippen molar-refractivity contribution in [1.29, 1.82) is 0 Å². The fourth-order valence-electron chi connectivity index (χ4n) is 2.49. The van der Waals surface area contributed by atoms with Crippen LogP contribution in [-0.2, 0) is 23.9 Å². The van der Waals surface area contributed by atoms with E-state index in [0.29, 0.717) is 0 Å². The second kappa shape index (κ2) is 8.43. The quantitative estimate of drug-likeness (QED) is 0.666. The van der Waals surface area contributed by atoms with Crippen molar-refractivity contribution in [2.75, 3.05) is 25.5 Å². The first kappa shape index (κ1) is 19.2. The molecule has 3 amide bonds. The number of rotatable bonds is 7. The Balaban J connectivity index is 1.41. The number of nitrogens with one attached hydrogen (secondary N) is 2. The van der Waals surface area contributed by atoms with Crippen LogP contribution in [0.4, 0.5) is 5.69 Å². The maximum Gasteiger partial charge on any atom is 0.307 e. The standard InChI is InChI=1S/C18H21N3O5S/c1-21(9-15(22)19-11-6-7-11)16(23)10-26-17(24)8-14-18(25)20-12-4-2-3-5-13(12)27-14/h2-5,11,14H,6-10H2,1H3,(H,19,22)(H,20,25)/t14-/m0/s1. The minimum absolute atomic E-state index is 0.0788. The summed E-state index contributed by atoms with van der Waals surface area (Å²) < 4.78 is 4.98. The number of carbonyl (C=O) groups is 4. The number of hydrogen-bond donors (Lipinski definition) is 2. The van der Waals surface area contributed by atoms with Crippen LogP contribution in [0, 0.1) is 0 Å². The smallest absolute Gasteiger partial charge is 0.307 e. The summed E-state index contributed by atoms with van der Waals surface area (Å²) in [6.07, 6.45) is 1.81. The molecule has 0 aromatic heterocycles. The summed E-state index contributed by atoms with van der Waals surface area (Å²) in [6.45, 7) is -0.536. The Labute approximate surface area is 161 Å². The molecule has 1 aromatic carbocycles. The van der Waals surface area contributed by atoms with Crippen molar-refractivity contribution in [3.05, 3.63) is 24.3 Å². The summed E-state index contributed by atoms with van der Waals surface area (Å²) in [5.41, 5.74) is 0.721. The number of anilines is 1. The van der Waals surface area contributed by atoms with E-state index >= 15 is 0 Å². The van der Waals surface area contributed by atoms with Crippen LogP contribution in [0.15, 0.2) is 29.2 Å². The lowest BCUT2D eigenvalue weighted by Gasteiger charge is -2.23. The summed E-state index contributed by atoms with van der Waals surface area (Å²) in [5.74, 6) is -1.60. The van der Waals surface area contributed by atoms with E-state index in [1.165, 1.54) is 23.7 Å². The van der Waals surface area contributed by atoms with Gasteiger partial charge in [-0.05, 0) is 25.0 Å². The SMILES string of the molecule is CN(CC(=O)NC1CC1)C(=O)COC(=O)C[C@@H]1Sc2ccccc2NC1=O. The largest absolute Gasteiger partial charge is 0.456 e. The molecule has 3 rings (SSSR count). The molecule has 1 aliphatic heterocycles. The van der Waals surface area contributed by atoms with Gasteiger partial charge in [0.2, 0.25) is 11.8 Å². The van der Waals surface area contributed by atoms with Gasteiger partial charge in [-0.15, -0.1) is 11.8 Å². The fourth-order valence-corrected chi connectivity index (χ4v) is 3.59. The highest BCUT2D eigenvalue weighted by molar-refractivity contribution is 8.01. The van der Waals surface area contributed by atoms with Gasteiger partial charge in [0.15, 0.2) is 6.61 Å². The minimum Gasteiger partial charge on any atom is -0.456 e. The number of amides is 3. The first-order valence-electron chi connectivity index (χ1n) is 8.68. The van der Waals surface area contributed by atoms with E-state index in [1.54, 1.807) is 6.07 Å². The zero-order valence-corrected chi connectivity index (χ0v) is 15.7. The van der Waals surface area contributed by atoms with Gasteiger partial charge in [0.1, 0.15) is 0 Å².